The van der Waals surface area contributed by atoms with Gasteiger partial charge < -0.3 is 5.32 Å². The third-order valence-electron chi connectivity index (χ3n) is 4.90. The van der Waals surface area contributed by atoms with Gasteiger partial charge in [-0.15, -0.1) is 11.3 Å². The lowest BCUT2D eigenvalue weighted by Gasteiger charge is -2.24. The average Bonchev–Trinajstić information content (AvgIpc) is 3.22. The summed E-state index contributed by atoms with van der Waals surface area (Å²) in [5, 5.41) is 9.82. The summed E-state index contributed by atoms with van der Waals surface area (Å²) in [4.78, 5) is 13.4. The Labute approximate surface area is 151 Å². The van der Waals surface area contributed by atoms with Crippen LogP contribution in [0.3, 0.4) is 0 Å². The van der Waals surface area contributed by atoms with Crippen molar-refractivity contribution in [2.75, 3.05) is 0 Å². The van der Waals surface area contributed by atoms with Crippen LogP contribution < -0.4 is 5.32 Å². The topological polar surface area (TPSA) is 46.9 Å². The lowest BCUT2D eigenvalue weighted by molar-refractivity contribution is 0.0936. The first-order chi connectivity index (χ1) is 12.1. The number of nitrogens with one attached hydrogen (secondary N) is 1. The first-order valence-corrected chi connectivity index (χ1v) is 9.51. The molecule has 128 valence electrons. The van der Waals surface area contributed by atoms with E-state index < -0.39 is 0 Å². The van der Waals surface area contributed by atoms with Gasteiger partial charge >= 0.3 is 0 Å². The Morgan fingerprint density at radius 3 is 2.84 bits per heavy atom. The van der Waals surface area contributed by atoms with Gasteiger partial charge in [-0.25, -0.2) is 4.68 Å². The molecule has 25 heavy (non-hydrogen) atoms. The van der Waals surface area contributed by atoms with Crippen molar-refractivity contribution in [3.63, 3.8) is 0 Å². The summed E-state index contributed by atoms with van der Waals surface area (Å²) in [6.07, 6.45) is 4.93. The Kier molecular flexibility index (Phi) is 4.17. The molecule has 1 aliphatic rings. The number of para-hydroxylation sites is 1. The van der Waals surface area contributed by atoms with Crippen LogP contribution in [0.25, 0.3) is 5.69 Å². The standard InChI is InChI=1S/C20H21N3OS/c1-13-6-3-4-8-17(13)23-18-9-5-7-16(15(18)12-21-23)22-20(24)19-14(2)10-11-25-19/h3-4,6,8,10-12,16H,5,7,9H2,1-2H3,(H,22,24)/t16-/m1/s1. The van der Waals surface area contributed by atoms with Gasteiger partial charge in [0.2, 0.25) is 0 Å². The summed E-state index contributed by atoms with van der Waals surface area (Å²) in [6.45, 7) is 4.08. The molecule has 0 radical (unpaired) electrons. The van der Waals surface area contributed by atoms with E-state index in [-0.39, 0.29) is 11.9 Å². The van der Waals surface area contributed by atoms with Crippen LogP contribution >= 0.6 is 11.3 Å². The van der Waals surface area contributed by atoms with E-state index in [1.807, 2.05) is 41.4 Å². The Balaban J connectivity index is 1.64. The number of nitrogens with zero attached hydrogens (tertiary/aromatic N) is 2. The molecule has 3 aromatic rings. The quantitative estimate of drug-likeness (QED) is 0.762. The number of benzene rings is 1. The molecule has 0 bridgehead atoms. The molecule has 2 aromatic heterocycles. The highest BCUT2D eigenvalue weighted by Gasteiger charge is 2.27. The van der Waals surface area contributed by atoms with Gasteiger partial charge in [-0.2, -0.15) is 5.10 Å². The minimum atomic E-state index is 0.0222. The van der Waals surface area contributed by atoms with Gasteiger partial charge in [0.05, 0.1) is 22.8 Å². The Morgan fingerprint density at radius 2 is 2.08 bits per heavy atom. The summed E-state index contributed by atoms with van der Waals surface area (Å²) in [7, 11) is 0. The molecule has 1 atom stereocenters. The van der Waals surface area contributed by atoms with E-state index in [1.54, 1.807) is 0 Å². The van der Waals surface area contributed by atoms with Gasteiger partial charge in [-0.3, -0.25) is 4.79 Å². The van der Waals surface area contributed by atoms with Gasteiger partial charge in [0.1, 0.15) is 0 Å². The predicted molar refractivity (Wildman–Crippen MR) is 101 cm³/mol. The van der Waals surface area contributed by atoms with E-state index in [0.29, 0.717) is 0 Å². The van der Waals surface area contributed by atoms with Crippen LogP contribution in [0, 0.1) is 13.8 Å². The highest BCUT2D eigenvalue weighted by atomic mass is 32.1. The van der Waals surface area contributed by atoms with Crippen LogP contribution in [0.5, 0.6) is 0 Å². The summed E-state index contributed by atoms with van der Waals surface area (Å²) in [5.41, 5.74) is 5.72. The van der Waals surface area contributed by atoms with Gasteiger partial charge in [-0.1, -0.05) is 18.2 Å². The largest absolute Gasteiger partial charge is 0.344 e. The monoisotopic (exact) mass is 351 g/mol. The molecule has 0 aliphatic heterocycles. The fourth-order valence-corrected chi connectivity index (χ4v) is 4.37. The van der Waals surface area contributed by atoms with E-state index in [9.17, 15) is 4.79 Å². The van der Waals surface area contributed by atoms with Crippen LogP contribution in [-0.4, -0.2) is 15.7 Å². The number of aryl methyl sites for hydroxylation is 2. The molecule has 0 saturated carbocycles. The first-order valence-electron chi connectivity index (χ1n) is 8.63. The highest BCUT2D eigenvalue weighted by molar-refractivity contribution is 7.12. The normalized spacial score (nSPS) is 16.5. The second kappa shape index (κ2) is 6.48. The Bertz CT molecular complexity index is 925. The lowest BCUT2D eigenvalue weighted by atomic mass is 9.92. The molecule has 0 saturated heterocycles. The number of rotatable bonds is 3. The lowest BCUT2D eigenvalue weighted by Crippen LogP contribution is -2.30. The fourth-order valence-electron chi connectivity index (χ4n) is 3.54. The molecule has 0 spiro atoms. The van der Waals surface area contributed by atoms with Crippen molar-refractivity contribution < 1.29 is 4.79 Å². The van der Waals surface area contributed by atoms with Gasteiger partial charge in [0, 0.05) is 11.3 Å². The molecular weight excluding hydrogens is 330 g/mol. The van der Waals surface area contributed by atoms with Crippen molar-refractivity contribution in [1.82, 2.24) is 15.1 Å². The zero-order chi connectivity index (χ0) is 17.4. The van der Waals surface area contributed by atoms with Crippen LogP contribution in [-0.2, 0) is 6.42 Å². The second-order valence-electron chi connectivity index (χ2n) is 6.60. The summed E-state index contributed by atoms with van der Waals surface area (Å²) < 4.78 is 2.04. The molecule has 0 unspecified atom stereocenters. The molecule has 1 amide bonds. The van der Waals surface area contributed by atoms with Gasteiger partial charge in [0.15, 0.2) is 0 Å². The third kappa shape index (κ3) is 2.89. The summed E-state index contributed by atoms with van der Waals surface area (Å²) >= 11 is 1.50. The van der Waals surface area contributed by atoms with E-state index in [0.717, 1.165) is 41.0 Å². The van der Waals surface area contributed by atoms with Crippen LogP contribution in [0.1, 0.15) is 50.9 Å². The van der Waals surface area contributed by atoms with Crippen molar-refractivity contribution >= 4 is 17.2 Å². The Morgan fingerprint density at radius 1 is 1.24 bits per heavy atom. The maximum Gasteiger partial charge on any atom is 0.262 e. The Hall–Kier alpha value is -2.40. The van der Waals surface area contributed by atoms with Crippen molar-refractivity contribution in [1.29, 1.82) is 0 Å². The van der Waals surface area contributed by atoms with Crippen LogP contribution in [0.2, 0.25) is 0 Å². The van der Waals surface area contributed by atoms with Gasteiger partial charge in [0.25, 0.3) is 5.91 Å². The van der Waals surface area contributed by atoms with Gasteiger partial charge in [-0.05, 0) is 61.7 Å². The van der Waals surface area contributed by atoms with Crippen molar-refractivity contribution in [3.05, 3.63) is 69.2 Å². The fraction of sp³-hybridized carbons (Fsp3) is 0.300. The SMILES string of the molecule is Cc1ccccc1-n1ncc2c1CCC[C@H]2NC(=O)c1sccc1C. The average molecular weight is 351 g/mol. The molecule has 2 heterocycles. The molecular formula is C20H21N3OS. The maximum atomic E-state index is 12.6. The zero-order valence-electron chi connectivity index (χ0n) is 14.5. The number of hydrogen-bond donors (Lipinski definition) is 1. The number of aromatic nitrogens is 2. The summed E-state index contributed by atoms with van der Waals surface area (Å²) in [6, 6.07) is 10.3. The predicted octanol–water partition coefficient (Wildman–Crippen LogP) is 4.36. The number of carbonyl (C=O) groups excluding carboxylic acids is 1. The highest BCUT2D eigenvalue weighted by Crippen LogP contribution is 2.32. The minimum absolute atomic E-state index is 0.0222. The smallest absolute Gasteiger partial charge is 0.262 e. The van der Waals surface area contributed by atoms with Crippen molar-refractivity contribution in [2.45, 2.75) is 39.2 Å². The van der Waals surface area contributed by atoms with E-state index >= 15 is 0 Å². The van der Waals surface area contributed by atoms with E-state index in [2.05, 4.69) is 29.5 Å². The number of amides is 1. The second-order valence-corrected chi connectivity index (χ2v) is 7.51. The molecule has 0 fully saturated rings. The third-order valence-corrected chi connectivity index (χ3v) is 5.92. The van der Waals surface area contributed by atoms with E-state index in [1.165, 1.54) is 22.6 Å². The van der Waals surface area contributed by atoms with Crippen LogP contribution in [0.4, 0.5) is 0 Å². The van der Waals surface area contributed by atoms with E-state index in [4.69, 9.17) is 0 Å². The number of fused-ring (bicyclic) bond motifs is 1. The molecule has 4 rings (SSSR count). The molecule has 1 N–H and O–H groups in total. The molecule has 4 nitrogen and oxygen atoms in total. The van der Waals surface area contributed by atoms with Crippen molar-refractivity contribution in [2.24, 2.45) is 0 Å². The van der Waals surface area contributed by atoms with Crippen LogP contribution in [0.15, 0.2) is 41.9 Å². The van der Waals surface area contributed by atoms with Crippen molar-refractivity contribution in [3.8, 4) is 5.69 Å². The maximum absolute atomic E-state index is 12.6. The number of hydrogen-bond acceptors (Lipinski definition) is 3. The number of carbonyl (C=O) groups is 1. The molecule has 5 heteroatoms. The molecule has 1 aliphatic carbocycles. The first kappa shape index (κ1) is 16.1. The minimum Gasteiger partial charge on any atom is -0.344 e. The zero-order valence-corrected chi connectivity index (χ0v) is 15.3. The molecule has 1 aromatic carbocycles. The summed E-state index contributed by atoms with van der Waals surface area (Å²) in [5.74, 6) is 0.0222. The number of thiophene rings is 1.